The lowest BCUT2D eigenvalue weighted by atomic mass is 9.96. The van der Waals surface area contributed by atoms with Gasteiger partial charge in [0.25, 0.3) is 5.69 Å². The van der Waals surface area contributed by atoms with E-state index in [0.717, 1.165) is 11.6 Å². The molecule has 1 aliphatic rings. The zero-order valence-corrected chi connectivity index (χ0v) is 21.3. The molecule has 0 amide bonds. The summed E-state index contributed by atoms with van der Waals surface area (Å²) < 4.78 is 29.5. The molecule has 2 atom stereocenters. The van der Waals surface area contributed by atoms with E-state index in [1.807, 2.05) is 12.1 Å². The average molecular weight is 554 g/mol. The first kappa shape index (κ1) is 25.4. The van der Waals surface area contributed by atoms with E-state index in [4.69, 9.17) is 34.8 Å². The van der Waals surface area contributed by atoms with E-state index in [9.17, 15) is 18.5 Å². The lowest BCUT2D eigenvalue weighted by Crippen LogP contribution is -2.34. The van der Waals surface area contributed by atoms with Crippen molar-refractivity contribution < 1.29 is 13.3 Å². The first-order valence-electron chi connectivity index (χ1n) is 10.3. The first-order valence-corrected chi connectivity index (χ1v) is 13.0. The average Bonchev–Trinajstić information content (AvgIpc) is 3.28. The third-order valence-corrected chi connectivity index (χ3v) is 7.98. The highest BCUT2D eigenvalue weighted by Crippen LogP contribution is 2.34. The second kappa shape index (κ2) is 10.1. The Kier molecular flexibility index (Phi) is 7.35. The normalized spacial score (nSPS) is 16.5. The number of nitro benzene ring substituents is 1. The molecule has 3 aromatic rings. The molecule has 2 N–H and O–H groups in total. The van der Waals surface area contributed by atoms with Crippen LogP contribution >= 0.6 is 34.8 Å². The number of sulfonamides is 1. The summed E-state index contributed by atoms with van der Waals surface area (Å²) >= 11 is 18.5. The summed E-state index contributed by atoms with van der Waals surface area (Å²) in [6, 6.07) is 14.5. The van der Waals surface area contributed by atoms with Crippen molar-refractivity contribution in [2.24, 2.45) is 5.10 Å². The van der Waals surface area contributed by atoms with Crippen molar-refractivity contribution in [3.8, 4) is 0 Å². The Morgan fingerprint density at radius 3 is 2.40 bits per heavy atom. The highest BCUT2D eigenvalue weighted by atomic mass is 35.5. The van der Waals surface area contributed by atoms with E-state index in [1.54, 1.807) is 31.2 Å². The predicted molar refractivity (Wildman–Crippen MR) is 137 cm³/mol. The fraction of sp³-hybridized carbons (Fsp3) is 0.174. The van der Waals surface area contributed by atoms with Gasteiger partial charge in [0.05, 0.1) is 27.6 Å². The minimum Gasteiger partial charge on any atom is -0.302 e. The fourth-order valence-corrected chi connectivity index (χ4v) is 5.90. The Balaban J connectivity index is 1.72. The molecule has 0 saturated carbocycles. The topological polar surface area (TPSA) is 114 Å². The van der Waals surface area contributed by atoms with E-state index >= 15 is 0 Å². The number of nitrogens with zero attached hydrogens (tertiary/aromatic N) is 2. The van der Waals surface area contributed by atoms with E-state index in [2.05, 4.69) is 15.2 Å². The van der Waals surface area contributed by atoms with E-state index in [0.29, 0.717) is 33.3 Å². The Morgan fingerprint density at radius 1 is 1.06 bits per heavy atom. The smallest absolute Gasteiger partial charge is 0.270 e. The number of nitro groups is 1. The van der Waals surface area contributed by atoms with Gasteiger partial charge < -0.3 is 5.43 Å². The minimum absolute atomic E-state index is 0.206. The maximum absolute atomic E-state index is 13.4. The van der Waals surface area contributed by atoms with Crippen LogP contribution in [0.25, 0.3) is 0 Å². The van der Waals surface area contributed by atoms with Crippen LogP contribution in [0.15, 0.2) is 70.7 Å². The van der Waals surface area contributed by atoms with Crippen LogP contribution < -0.4 is 10.1 Å². The monoisotopic (exact) mass is 552 g/mol. The number of hydrazone groups is 1. The van der Waals surface area contributed by atoms with Crippen LogP contribution in [0.4, 0.5) is 5.69 Å². The summed E-state index contributed by atoms with van der Waals surface area (Å²) in [5.41, 5.74) is 4.91. The molecule has 182 valence electrons. The SMILES string of the molecule is Cc1ccc([N+](=O)[O-])cc1S(=O)(=O)NC(C1=NNC(c2ccc(Cl)cc2)C1)c1ccc(Cl)cc1Cl. The molecule has 1 heterocycles. The van der Waals surface area contributed by atoms with E-state index in [-0.39, 0.29) is 21.6 Å². The summed E-state index contributed by atoms with van der Waals surface area (Å²) in [7, 11) is -4.22. The number of aryl methyl sites for hydroxylation is 1. The van der Waals surface area contributed by atoms with Crippen LogP contribution in [-0.2, 0) is 10.0 Å². The Labute approximate surface area is 217 Å². The zero-order chi connectivity index (χ0) is 25.3. The molecule has 3 aromatic carbocycles. The number of hydrogen-bond acceptors (Lipinski definition) is 6. The van der Waals surface area contributed by atoms with Gasteiger partial charge in [-0.15, -0.1) is 0 Å². The lowest BCUT2D eigenvalue weighted by molar-refractivity contribution is -0.385. The Morgan fingerprint density at radius 2 is 1.74 bits per heavy atom. The van der Waals surface area contributed by atoms with Crippen LogP contribution in [0.3, 0.4) is 0 Å². The highest BCUT2D eigenvalue weighted by molar-refractivity contribution is 7.89. The molecule has 0 aromatic heterocycles. The third kappa shape index (κ3) is 5.60. The van der Waals surface area contributed by atoms with Crippen LogP contribution in [0.2, 0.25) is 15.1 Å². The molecule has 0 bridgehead atoms. The van der Waals surface area contributed by atoms with Gasteiger partial charge in [0.2, 0.25) is 10.0 Å². The van der Waals surface area contributed by atoms with Gasteiger partial charge in [0, 0.05) is 33.6 Å². The van der Waals surface area contributed by atoms with Gasteiger partial charge in [-0.1, -0.05) is 59.1 Å². The van der Waals surface area contributed by atoms with Crippen molar-refractivity contribution in [2.75, 3.05) is 0 Å². The molecule has 0 spiro atoms. The van der Waals surface area contributed by atoms with Crippen molar-refractivity contribution in [1.82, 2.24) is 10.1 Å². The molecule has 0 saturated heterocycles. The molecular weight excluding hydrogens is 535 g/mol. The molecule has 35 heavy (non-hydrogen) atoms. The van der Waals surface area contributed by atoms with Crippen molar-refractivity contribution in [3.63, 3.8) is 0 Å². The van der Waals surface area contributed by atoms with Gasteiger partial charge in [0.15, 0.2) is 0 Å². The van der Waals surface area contributed by atoms with Crippen LogP contribution in [0, 0.1) is 17.0 Å². The maximum atomic E-state index is 13.4. The van der Waals surface area contributed by atoms with Gasteiger partial charge >= 0.3 is 0 Å². The fourth-order valence-electron chi connectivity index (χ4n) is 3.79. The van der Waals surface area contributed by atoms with E-state index in [1.165, 1.54) is 18.2 Å². The second-order valence-corrected chi connectivity index (χ2v) is 10.9. The summed E-state index contributed by atoms with van der Waals surface area (Å²) in [4.78, 5) is 10.4. The quantitative estimate of drug-likeness (QED) is 0.276. The van der Waals surface area contributed by atoms with Crippen LogP contribution in [0.1, 0.15) is 35.2 Å². The molecule has 0 fully saturated rings. The second-order valence-electron chi connectivity index (χ2n) is 7.97. The van der Waals surface area contributed by atoms with Crippen molar-refractivity contribution >= 4 is 56.2 Å². The van der Waals surface area contributed by atoms with Gasteiger partial charge in [-0.25, -0.2) is 8.42 Å². The van der Waals surface area contributed by atoms with Gasteiger partial charge in [-0.2, -0.15) is 9.82 Å². The number of rotatable bonds is 7. The Bertz CT molecular complexity index is 1430. The summed E-state index contributed by atoms with van der Waals surface area (Å²) in [6.07, 6.45) is 0.377. The van der Waals surface area contributed by atoms with Gasteiger partial charge in [0.1, 0.15) is 0 Å². The largest absolute Gasteiger partial charge is 0.302 e. The molecule has 0 aliphatic carbocycles. The number of benzene rings is 3. The number of nitrogens with one attached hydrogen (secondary N) is 2. The number of hydrogen-bond donors (Lipinski definition) is 2. The summed E-state index contributed by atoms with van der Waals surface area (Å²) in [5.74, 6) is 0. The zero-order valence-electron chi connectivity index (χ0n) is 18.2. The van der Waals surface area contributed by atoms with Crippen LogP contribution in [-0.4, -0.2) is 19.1 Å². The minimum atomic E-state index is -4.22. The molecule has 0 radical (unpaired) electrons. The third-order valence-electron chi connectivity index (χ3n) is 5.60. The molecular formula is C23H19Cl3N4O4S. The van der Waals surface area contributed by atoms with E-state index < -0.39 is 21.0 Å². The Hall–Kier alpha value is -2.69. The van der Waals surface area contributed by atoms with Crippen LogP contribution in [0.5, 0.6) is 0 Å². The number of non-ortho nitro benzene ring substituents is 1. The van der Waals surface area contributed by atoms with Crippen molar-refractivity contribution in [1.29, 1.82) is 0 Å². The summed E-state index contributed by atoms with van der Waals surface area (Å²) in [5, 5.41) is 16.9. The van der Waals surface area contributed by atoms with Gasteiger partial charge in [-0.05, 0) is 47.9 Å². The van der Waals surface area contributed by atoms with Crippen molar-refractivity contribution in [2.45, 2.75) is 30.3 Å². The van der Waals surface area contributed by atoms with Gasteiger partial charge in [-0.3, -0.25) is 10.1 Å². The maximum Gasteiger partial charge on any atom is 0.270 e. The molecule has 12 heteroatoms. The van der Waals surface area contributed by atoms with Crippen molar-refractivity contribution in [3.05, 3.63) is 103 Å². The highest BCUT2D eigenvalue weighted by Gasteiger charge is 2.33. The molecule has 4 rings (SSSR count). The molecule has 2 unspecified atom stereocenters. The summed E-state index contributed by atoms with van der Waals surface area (Å²) in [6.45, 7) is 1.56. The lowest BCUT2D eigenvalue weighted by Gasteiger charge is -2.21. The predicted octanol–water partition coefficient (Wildman–Crippen LogP) is 5.97. The first-order chi connectivity index (χ1) is 16.5. The number of halogens is 3. The molecule has 8 nitrogen and oxygen atoms in total. The standard InChI is InChI=1S/C23H19Cl3N4O4S/c1-13-2-8-17(30(31)32)11-22(13)35(33,34)29-23(18-9-7-16(25)10-19(18)26)21-12-20(27-28-21)14-3-5-15(24)6-4-14/h2-11,20,23,27,29H,12H2,1H3. The molecule has 1 aliphatic heterocycles.